The second kappa shape index (κ2) is 5.59. The highest BCUT2D eigenvalue weighted by molar-refractivity contribution is 9.10. The number of aryl methyl sites for hydroxylation is 1. The molecule has 0 unspecified atom stereocenters. The topological polar surface area (TPSA) is 48.0 Å². The molecule has 5 heteroatoms. The fourth-order valence-corrected chi connectivity index (χ4v) is 3.04. The Morgan fingerprint density at radius 2 is 2.18 bits per heavy atom. The maximum atomic E-state index is 11.6. The van der Waals surface area contributed by atoms with Crippen LogP contribution in [0.3, 0.4) is 0 Å². The molecule has 0 aromatic carbocycles. The van der Waals surface area contributed by atoms with Gasteiger partial charge in [-0.2, -0.15) is 0 Å². The maximum Gasteiger partial charge on any atom is 0.250 e. The van der Waals surface area contributed by atoms with Gasteiger partial charge in [-0.25, -0.2) is 0 Å². The normalized spacial score (nSPS) is 13.8. The van der Waals surface area contributed by atoms with Crippen LogP contribution in [0.25, 0.3) is 0 Å². The lowest BCUT2D eigenvalue weighted by Crippen LogP contribution is -2.22. The van der Waals surface area contributed by atoms with Crippen molar-refractivity contribution in [2.75, 3.05) is 0 Å². The van der Waals surface area contributed by atoms with Crippen molar-refractivity contribution < 1.29 is 0 Å². The summed E-state index contributed by atoms with van der Waals surface area (Å²) in [4.78, 5) is 11.6. The van der Waals surface area contributed by atoms with Crippen molar-refractivity contribution in [2.45, 2.75) is 37.9 Å². The molecule has 0 radical (unpaired) electrons. The predicted octanol–water partition coefficient (Wildman–Crippen LogP) is 3.03. The highest BCUT2D eigenvalue weighted by Gasteiger charge is 2.22. The van der Waals surface area contributed by atoms with Gasteiger partial charge in [0.05, 0.1) is 0 Å². The van der Waals surface area contributed by atoms with Gasteiger partial charge >= 0.3 is 0 Å². The molecule has 1 heterocycles. The summed E-state index contributed by atoms with van der Waals surface area (Å²) in [6, 6.07) is 1.70. The molecule has 1 aromatic rings. The Hall–Kier alpha value is -0.260. The second-order valence-electron chi connectivity index (χ2n) is 5.01. The minimum atomic E-state index is 0.0138. The first-order chi connectivity index (χ1) is 7.76. The number of aromatic nitrogens is 1. The van der Waals surface area contributed by atoms with Gasteiger partial charge < -0.3 is 4.57 Å². The molecule has 0 aliphatic heterocycles. The highest BCUT2D eigenvalue weighted by atomic mass is 79.9. The van der Waals surface area contributed by atoms with Crippen LogP contribution in [0.2, 0.25) is 0 Å². The van der Waals surface area contributed by atoms with E-state index in [0.29, 0.717) is 5.92 Å². The molecule has 0 saturated carbocycles. The lowest BCUT2D eigenvalue weighted by atomic mass is 9.92. The zero-order chi connectivity index (χ0) is 13.2. The Labute approximate surface area is 115 Å². The van der Waals surface area contributed by atoms with E-state index in [2.05, 4.69) is 36.7 Å². The van der Waals surface area contributed by atoms with Crippen molar-refractivity contribution in [1.82, 2.24) is 4.57 Å². The molecule has 96 valence electrons. The molecule has 0 bridgehead atoms. The third kappa shape index (κ3) is 3.86. The number of nitrogens with zero attached hydrogens (tertiary/aromatic N) is 1. The molecule has 0 spiro atoms. The zero-order valence-corrected chi connectivity index (χ0v) is 13.1. The Kier molecular flexibility index (Phi) is 4.86. The van der Waals surface area contributed by atoms with E-state index in [9.17, 15) is 4.79 Å². The van der Waals surface area contributed by atoms with Crippen molar-refractivity contribution in [1.29, 1.82) is 0 Å². The van der Waals surface area contributed by atoms with Crippen LogP contribution >= 0.6 is 27.9 Å². The first-order valence-corrected chi connectivity index (χ1v) is 7.18. The molecule has 0 aliphatic carbocycles. The molecular formula is C12H19BrN2OS. The van der Waals surface area contributed by atoms with Gasteiger partial charge in [-0.05, 0) is 47.7 Å². The highest BCUT2D eigenvalue weighted by Crippen LogP contribution is 2.34. The molecule has 3 nitrogen and oxygen atoms in total. The summed E-state index contributed by atoms with van der Waals surface area (Å²) in [5.41, 5.74) is 1.07. The largest absolute Gasteiger partial charge is 0.317 e. The Balaban J connectivity index is 3.01. The van der Waals surface area contributed by atoms with Gasteiger partial charge in [0, 0.05) is 28.5 Å². The molecule has 1 rings (SSSR count). The Bertz CT molecular complexity index is 456. The van der Waals surface area contributed by atoms with Crippen molar-refractivity contribution in [3.63, 3.8) is 0 Å². The Morgan fingerprint density at radius 3 is 2.71 bits per heavy atom. The van der Waals surface area contributed by atoms with E-state index in [-0.39, 0.29) is 10.3 Å². The van der Waals surface area contributed by atoms with Gasteiger partial charge in [-0.1, -0.05) is 18.9 Å². The van der Waals surface area contributed by atoms with Crippen molar-refractivity contribution >= 4 is 27.9 Å². The zero-order valence-electron chi connectivity index (χ0n) is 10.7. The van der Waals surface area contributed by atoms with E-state index < -0.39 is 0 Å². The second-order valence-corrected chi connectivity index (χ2v) is 7.20. The molecule has 17 heavy (non-hydrogen) atoms. The fraction of sp³-hybridized carbons (Fsp3) is 0.583. The van der Waals surface area contributed by atoms with Gasteiger partial charge in [-0.3, -0.25) is 9.93 Å². The predicted molar refractivity (Wildman–Crippen MR) is 78.3 cm³/mol. The van der Waals surface area contributed by atoms with Crippen LogP contribution in [-0.4, -0.2) is 9.31 Å². The average molecular weight is 319 g/mol. The standard InChI is InChI=1S/C12H19BrN2OS/c1-8(6-12(2,3)17-14)9-5-11(16)15(4)7-10(9)13/h5,7-8H,6,14H2,1-4H3/t8-/m0/s1. The molecular weight excluding hydrogens is 300 g/mol. The molecule has 1 atom stereocenters. The van der Waals surface area contributed by atoms with Gasteiger partial charge in [0.1, 0.15) is 0 Å². The van der Waals surface area contributed by atoms with Crippen LogP contribution in [-0.2, 0) is 7.05 Å². The van der Waals surface area contributed by atoms with E-state index in [1.165, 1.54) is 11.9 Å². The van der Waals surface area contributed by atoms with Crippen LogP contribution in [0.4, 0.5) is 0 Å². The van der Waals surface area contributed by atoms with E-state index in [4.69, 9.17) is 5.14 Å². The van der Waals surface area contributed by atoms with E-state index in [1.807, 2.05) is 6.20 Å². The molecule has 0 fully saturated rings. The number of nitrogens with two attached hydrogens (primary N) is 1. The lowest BCUT2D eigenvalue weighted by molar-refractivity contribution is 0.562. The van der Waals surface area contributed by atoms with Crippen molar-refractivity contribution in [3.05, 3.63) is 32.7 Å². The van der Waals surface area contributed by atoms with E-state index in [1.54, 1.807) is 17.7 Å². The van der Waals surface area contributed by atoms with Crippen molar-refractivity contribution in [2.24, 2.45) is 12.2 Å². The summed E-state index contributed by atoms with van der Waals surface area (Å²) in [5.74, 6) is 0.296. The van der Waals surface area contributed by atoms with Crippen LogP contribution < -0.4 is 10.7 Å². The SMILES string of the molecule is C[C@@H](CC(C)(C)SN)c1cc(=O)n(C)cc1Br. The Morgan fingerprint density at radius 1 is 1.59 bits per heavy atom. The third-order valence-electron chi connectivity index (χ3n) is 2.86. The minimum absolute atomic E-state index is 0.0138. The molecule has 0 aliphatic rings. The summed E-state index contributed by atoms with van der Waals surface area (Å²) in [5, 5.41) is 5.66. The average Bonchev–Trinajstić information content (AvgIpc) is 2.22. The number of rotatable bonds is 4. The van der Waals surface area contributed by atoms with Crippen LogP contribution in [0.5, 0.6) is 0 Å². The molecule has 1 aromatic heterocycles. The number of hydrogen-bond acceptors (Lipinski definition) is 3. The van der Waals surface area contributed by atoms with Crippen molar-refractivity contribution in [3.8, 4) is 0 Å². The van der Waals surface area contributed by atoms with E-state index >= 15 is 0 Å². The number of pyridine rings is 1. The summed E-state index contributed by atoms with van der Waals surface area (Å²) in [7, 11) is 1.75. The van der Waals surface area contributed by atoms with Gasteiger partial charge in [0.15, 0.2) is 0 Å². The van der Waals surface area contributed by atoms with Crippen LogP contribution in [0.15, 0.2) is 21.5 Å². The first-order valence-electron chi connectivity index (χ1n) is 5.51. The lowest BCUT2D eigenvalue weighted by Gasteiger charge is -2.26. The molecule has 2 N–H and O–H groups in total. The maximum absolute atomic E-state index is 11.6. The van der Waals surface area contributed by atoms with Gasteiger partial charge in [0.2, 0.25) is 0 Å². The van der Waals surface area contributed by atoms with Crippen LogP contribution in [0, 0.1) is 0 Å². The smallest absolute Gasteiger partial charge is 0.250 e. The monoisotopic (exact) mass is 318 g/mol. The summed E-state index contributed by atoms with van der Waals surface area (Å²) in [6.45, 7) is 6.35. The number of hydrogen-bond donors (Lipinski definition) is 1. The third-order valence-corrected chi connectivity index (χ3v) is 4.32. The van der Waals surface area contributed by atoms with Gasteiger partial charge in [-0.15, -0.1) is 0 Å². The minimum Gasteiger partial charge on any atom is -0.317 e. The fourth-order valence-electron chi connectivity index (χ4n) is 1.89. The molecule has 0 amide bonds. The quantitative estimate of drug-likeness (QED) is 0.868. The molecule has 0 saturated heterocycles. The number of halogens is 1. The summed E-state index contributed by atoms with van der Waals surface area (Å²) in [6.07, 6.45) is 2.75. The first kappa shape index (κ1) is 14.8. The summed E-state index contributed by atoms with van der Waals surface area (Å²) < 4.78 is 2.56. The van der Waals surface area contributed by atoms with Crippen LogP contribution in [0.1, 0.15) is 38.7 Å². The van der Waals surface area contributed by atoms with E-state index in [0.717, 1.165) is 16.5 Å². The van der Waals surface area contributed by atoms with Gasteiger partial charge in [0.25, 0.3) is 5.56 Å². The summed E-state index contributed by atoms with van der Waals surface area (Å²) >= 11 is 4.88.